The van der Waals surface area contributed by atoms with Crippen molar-refractivity contribution in [1.29, 1.82) is 0 Å². The van der Waals surface area contributed by atoms with Crippen LogP contribution in [0.25, 0.3) is 0 Å². The third kappa shape index (κ3) is 2.47. The number of piperidine rings is 3. The lowest BCUT2D eigenvalue weighted by atomic mass is 9.75. The fraction of sp³-hybridized carbons (Fsp3) is 0.550. The van der Waals surface area contributed by atoms with Gasteiger partial charge in [0.2, 0.25) is 0 Å². The van der Waals surface area contributed by atoms with Gasteiger partial charge in [-0.3, -0.25) is 4.90 Å². The number of anilines is 1. The maximum Gasteiger partial charge on any atom is 0.185 e. The number of hydrogen-bond donors (Lipinski definition) is 1. The third-order valence-corrected chi connectivity index (χ3v) is 7.41. The van der Waals surface area contributed by atoms with Crippen LogP contribution in [0.2, 0.25) is 0 Å². The Bertz CT molecular complexity index is 787. The number of para-hydroxylation sites is 1. The van der Waals surface area contributed by atoms with Gasteiger partial charge in [0.05, 0.1) is 25.5 Å². The van der Waals surface area contributed by atoms with Crippen LogP contribution >= 0.6 is 11.3 Å². The molecule has 4 saturated heterocycles. The first-order valence-corrected chi connectivity index (χ1v) is 10.4. The van der Waals surface area contributed by atoms with E-state index in [9.17, 15) is 5.11 Å². The summed E-state index contributed by atoms with van der Waals surface area (Å²) in [5.74, 6) is 2.17. The minimum atomic E-state index is 0.0178. The Hall–Kier alpha value is -1.63. The molecule has 2 aromatic rings. The number of hydrogen-bond acceptors (Lipinski definition) is 6. The number of rotatable bonds is 4. The van der Waals surface area contributed by atoms with E-state index >= 15 is 0 Å². The van der Waals surface area contributed by atoms with Gasteiger partial charge in [0, 0.05) is 29.4 Å². The van der Waals surface area contributed by atoms with Gasteiger partial charge < -0.3 is 14.7 Å². The first-order chi connectivity index (χ1) is 12.8. The summed E-state index contributed by atoms with van der Waals surface area (Å²) in [6.07, 6.45) is 2.57. The van der Waals surface area contributed by atoms with Gasteiger partial charge in [0.1, 0.15) is 5.75 Å². The van der Waals surface area contributed by atoms with Gasteiger partial charge >= 0.3 is 0 Å². The molecule has 1 aromatic carbocycles. The number of aliphatic hydroxyl groups is 1. The van der Waals surface area contributed by atoms with Crippen LogP contribution in [-0.2, 0) is 6.61 Å². The molecule has 2 bridgehead atoms. The average Bonchev–Trinajstić information content (AvgIpc) is 3.34. The van der Waals surface area contributed by atoms with Crippen LogP contribution in [0.15, 0.2) is 29.6 Å². The molecule has 4 aliphatic heterocycles. The van der Waals surface area contributed by atoms with Crippen LogP contribution < -0.4 is 9.64 Å². The van der Waals surface area contributed by atoms with Gasteiger partial charge in [-0.1, -0.05) is 18.2 Å². The van der Waals surface area contributed by atoms with Crippen molar-refractivity contribution in [2.45, 2.75) is 37.5 Å². The van der Waals surface area contributed by atoms with E-state index in [1.807, 2.05) is 11.4 Å². The number of aromatic nitrogens is 1. The molecule has 1 aromatic heterocycles. The first kappa shape index (κ1) is 16.5. The minimum Gasteiger partial charge on any atom is -0.496 e. The molecule has 4 fully saturated rings. The minimum absolute atomic E-state index is 0.0178. The first-order valence-electron chi connectivity index (χ1n) is 9.49. The van der Waals surface area contributed by atoms with Crippen molar-refractivity contribution in [3.63, 3.8) is 0 Å². The van der Waals surface area contributed by atoms with Gasteiger partial charge in [-0.15, -0.1) is 11.3 Å². The van der Waals surface area contributed by atoms with Crippen LogP contribution in [-0.4, -0.2) is 53.8 Å². The maximum atomic E-state index is 9.43. The van der Waals surface area contributed by atoms with E-state index in [2.05, 4.69) is 28.0 Å². The zero-order chi connectivity index (χ0) is 17.7. The van der Waals surface area contributed by atoms with Crippen LogP contribution in [0.5, 0.6) is 5.75 Å². The second kappa shape index (κ2) is 6.51. The van der Waals surface area contributed by atoms with Gasteiger partial charge in [-0.2, -0.15) is 0 Å². The molecule has 0 unspecified atom stereocenters. The Morgan fingerprint density at radius 1 is 1.23 bits per heavy atom. The van der Waals surface area contributed by atoms with Crippen molar-refractivity contribution < 1.29 is 9.84 Å². The lowest BCUT2D eigenvalue weighted by Gasteiger charge is -2.51. The Morgan fingerprint density at radius 2 is 2.04 bits per heavy atom. The Kier molecular flexibility index (Phi) is 4.14. The van der Waals surface area contributed by atoms with Crippen molar-refractivity contribution >= 4 is 16.5 Å². The third-order valence-electron chi connectivity index (χ3n) is 6.48. The summed E-state index contributed by atoms with van der Waals surface area (Å²) in [6.45, 7) is 3.42. The molecular weight excluding hydrogens is 346 g/mol. The van der Waals surface area contributed by atoms with Crippen molar-refractivity contribution in [2.75, 3.05) is 31.6 Å². The van der Waals surface area contributed by atoms with Crippen molar-refractivity contribution in [3.05, 3.63) is 40.9 Å². The number of thiazole rings is 1. The van der Waals surface area contributed by atoms with Gasteiger partial charge in [-0.25, -0.2) is 4.98 Å². The van der Waals surface area contributed by atoms with E-state index in [0.717, 1.165) is 29.0 Å². The van der Waals surface area contributed by atoms with E-state index < -0.39 is 0 Å². The molecule has 26 heavy (non-hydrogen) atoms. The maximum absolute atomic E-state index is 9.43. The van der Waals surface area contributed by atoms with Crippen molar-refractivity contribution in [3.8, 4) is 5.75 Å². The number of nitrogens with zero attached hydrogens (tertiary/aromatic N) is 3. The topological polar surface area (TPSA) is 48.8 Å². The normalized spacial score (nSPS) is 32.7. The second-order valence-electron chi connectivity index (χ2n) is 7.63. The lowest BCUT2D eigenvalue weighted by Crippen LogP contribution is -2.60. The van der Waals surface area contributed by atoms with Crippen LogP contribution in [0, 0.1) is 5.92 Å². The standard InChI is InChI=1S/C20H25N3O2S/c1-25-17-5-3-2-4-15(17)16-10-23(20-21-14(11-24)12-26-20)18-13-6-8-22(9-7-13)19(16)18/h2-5,12-13,16,18-19,24H,6-11H2,1H3/t16-,18-,19-/m0/s1. The summed E-state index contributed by atoms with van der Waals surface area (Å²) in [4.78, 5) is 9.93. The van der Waals surface area contributed by atoms with Gasteiger partial charge in [0.15, 0.2) is 5.13 Å². The van der Waals surface area contributed by atoms with Gasteiger partial charge in [-0.05, 0) is 37.9 Å². The highest BCUT2D eigenvalue weighted by Crippen LogP contribution is 2.49. The molecule has 5 heterocycles. The molecule has 3 atom stereocenters. The van der Waals surface area contributed by atoms with E-state index in [-0.39, 0.29) is 6.61 Å². The molecule has 0 aliphatic carbocycles. The summed E-state index contributed by atoms with van der Waals surface area (Å²) >= 11 is 1.67. The smallest absolute Gasteiger partial charge is 0.185 e. The number of ether oxygens (including phenoxy) is 1. The van der Waals surface area contributed by atoms with Crippen molar-refractivity contribution in [1.82, 2.24) is 9.88 Å². The van der Waals surface area contributed by atoms with Crippen molar-refractivity contribution in [2.24, 2.45) is 5.92 Å². The highest BCUT2D eigenvalue weighted by molar-refractivity contribution is 7.13. The summed E-state index contributed by atoms with van der Waals surface area (Å²) < 4.78 is 5.70. The molecule has 0 amide bonds. The molecule has 0 radical (unpaired) electrons. The molecule has 5 nitrogen and oxygen atoms in total. The monoisotopic (exact) mass is 371 g/mol. The fourth-order valence-electron chi connectivity index (χ4n) is 5.39. The Morgan fingerprint density at radius 3 is 2.77 bits per heavy atom. The zero-order valence-corrected chi connectivity index (χ0v) is 15.9. The van der Waals surface area contributed by atoms with Crippen LogP contribution in [0.4, 0.5) is 5.13 Å². The summed E-state index contributed by atoms with van der Waals surface area (Å²) in [5.41, 5.74) is 2.10. The summed E-state index contributed by atoms with van der Waals surface area (Å²) in [6, 6.07) is 9.53. The lowest BCUT2D eigenvalue weighted by molar-refractivity contribution is 0.0353. The molecule has 6 rings (SSSR count). The largest absolute Gasteiger partial charge is 0.496 e. The number of methoxy groups -OCH3 is 1. The SMILES string of the molecule is COc1ccccc1[C@@H]1CN(c2nc(CO)cs2)[C@H]2C3CCN(CC3)[C@@H]12. The zero-order valence-electron chi connectivity index (χ0n) is 15.0. The number of fused-ring (bicyclic) bond motifs is 2. The van der Waals surface area contributed by atoms with E-state index in [0.29, 0.717) is 18.0 Å². The highest BCUT2D eigenvalue weighted by atomic mass is 32.1. The van der Waals surface area contributed by atoms with Crippen LogP contribution in [0.1, 0.15) is 30.0 Å². The van der Waals surface area contributed by atoms with Crippen LogP contribution in [0.3, 0.4) is 0 Å². The predicted molar refractivity (Wildman–Crippen MR) is 103 cm³/mol. The molecule has 0 spiro atoms. The molecular formula is C20H25N3O2S. The summed E-state index contributed by atoms with van der Waals surface area (Å²) in [7, 11) is 1.77. The molecule has 6 heteroatoms. The van der Waals surface area contributed by atoms with Gasteiger partial charge in [0.25, 0.3) is 0 Å². The fourth-order valence-corrected chi connectivity index (χ4v) is 6.26. The van der Waals surface area contributed by atoms with E-state index in [4.69, 9.17) is 9.72 Å². The summed E-state index contributed by atoms with van der Waals surface area (Å²) in [5, 5.41) is 12.5. The molecule has 1 N–H and O–H groups in total. The predicted octanol–water partition coefficient (Wildman–Crippen LogP) is 2.71. The number of aliphatic hydroxyl groups excluding tert-OH is 1. The molecule has 4 aliphatic rings. The second-order valence-corrected chi connectivity index (χ2v) is 8.47. The van der Waals surface area contributed by atoms with E-state index in [1.54, 1.807) is 18.4 Å². The Labute approximate surface area is 158 Å². The molecule has 0 saturated carbocycles. The highest BCUT2D eigenvalue weighted by Gasteiger charge is 2.54. The van der Waals surface area contributed by atoms with E-state index in [1.165, 1.54) is 31.5 Å². The number of benzene rings is 1. The molecule has 138 valence electrons. The Balaban J connectivity index is 1.56. The quantitative estimate of drug-likeness (QED) is 0.896. The average molecular weight is 372 g/mol.